The number of nitrogens with two attached hydrogens (primary N) is 1. The molecule has 4 heteroatoms. The summed E-state index contributed by atoms with van der Waals surface area (Å²) in [6, 6.07) is 4.32. The largest absolute Gasteiger partial charge is 0.493 e. The lowest BCUT2D eigenvalue weighted by Gasteiger charge is -2.19. The Kier molecular flexibility index (Phi) is 3.06. The molecule has 0 aliphatic heterocycles. The molecule has 2 unspecified atom stereocenters. The highest BCUT2D eigenvalue weighted by Crippen LogP contribution is 2.25. The van der Waals surface area contributed by atoms with Gasteiger partial charge in [-0.25, -0.2) is 4.98 Å². The fraction of sp³-hybridized carbons (Fsp3) is 0.545. The number of nitrogens with zero attached hydrogens (tertiary/aromatic N) is 1. The van der Waals surface area contributed by atoms with E-state index in [0.717, 1.165) is 24.4 Å². The Balaban J connectivity index is 2.09. The standard InChI is InChI=1S/C11H17N3O/c1-15-10-6-3-7-13-11(10)14-9-5-2-4-8(9)12/h3,6-9H,2,4-5,12H2,1H3,(H,13,14). The van der Waals surface area contributed by atoms with E-state index in [1.165, 1.54) is 6.42 Å². The third-order valence-electron chi connectivity index (χ3n) is 2.88. The number of hydrogen-bond acceptors (Lipinski definition) is 4. The number of anilines is 1. The molecule has 3 N–H and O–H groups in total. The van der Waals surface area contributed by atoms with Crippen molar-refractivity contribution in [2.75, 3.05) is 12.4 Å². The van der Waals surface area contributed by atoms with E-state index in [0.29, 0.717) is 6.04 Å². The van der Waals surface area contributed by atoms with E-state index in [9.17, 15) is 0 Å². The molecule has 0 radical (unpaired) electrons. The molecule has 15 heavy (non-hydrogen) atoms. The first-order chi connectivity index (χ1) is 7.31. The molecule has 0 bridgehead atoms. The average molecular weight is 207 g/mol. The zero-order valence-electron chi connectivity index (χ0n) is 8.94. The van der Waals surface area contributed by atoms with E-state index in [-0.39, 0.29) is 6.04 Å². The topological polar surface area (TPSA) is 60.2 Å². The summed E-state index contributed by atoms with van der Waals surface area (Å²) in [5.74, 6) is 1.57. The normalized spacial score (nSPS) is 25.2. The third kappa shape index (κ3) is 2.21. The van der Waals surface area contributed by atoms with Gasteiger partial charge in [0.05, 0.1) is 7.11 Å². The Labute approximate surface area is 89.8 Å². The van der Waals surface area contributed by atoms with E-state index >= 15 is 0 Å². The van der Waals surface area contributed by atoms with Gasteiger partial charge in [-0.15, -0.1) is 0 Å². The number of hydrogen-bond donors (Lipinski definition) is 2. The molecule has 0 spiro atoms. The number of pyridine rings is 1. The van der Waals surface area contributed by atoms with Crippen LogP contribution in [0.1, 0.15) is 19.3 Å². The molecule has 1 saturated carbocycles. The van der Waals surface area contributed by atoms with Gasteiger partial charge in [0.2, 0.25) is 0 Å². The summed E-state index contributed by atoms with van der Waals surface area (Å²) >= 11 is 0. The van der Waals surface area contributed by atoms with Gasteiger partial charge in [0, 0.05) is 18.3 Å². The van der Waals surface area contributed by atoms with Gasteiger partial charge in [0.25, 0.3) is 0 Å². The van der Waals surface area contributed by atoms with Crippen LogP contribution in [0.3, 0.4) is 0 Å². The van der Waals surface area contributed by atoms with Crippen LogP contribution in [0.15, 0.2) is 18.3 Å². The van der Waals surface area contributed by atoms with Crippen molar-refractivity contribution in [3.63, 3.8) is 0 Å². The minimum absolute atomic E-state index is 0.233. The monoisotopic (exact) mass is 207 g/mol. The van der Waals surface area contributed by atoms with Crippen LogP contribution in [-0.4, -0.2) is 24.2 Å². The van der Waals surface area contributed by atoms with Gasteiger partial charge in [-0.3, -0.25) is 0 Å². The SMILES string of the molecule is COc1cccnc1NC1CCCC1N. The molecule has 1 aliphatic carbocycles. The molecule has 1 aliphatic rings. The molecular weight excluding hydrogens is 190 g/mol. The zero-order valence-corrected chi connectivity index (χ0v) is 8.94. The maximum atomic E-state index is 5.99. The smallest absolute Gasteiger partial charge is 0.169 e. The third-order valence-corrected chi connectivity index (χ3v) is 2.88. The molecule has 2 atom stereocenters. The molecule has 4 nitrogen and oxygen atoms in total. The first-order valence-electron chi connectivity index (χ1n) is 5.32. The maximum absolute atomic E-state index is 5.99. The van der Waals surface area contributed by atoms with Gasteiger partial charge < -0.3 is 15.8 Å². The summed E-state index contributed by atoms with van der Waals surface area (Å²) < 4.78 is 5.23. The Hall–Kier alpha value is -1.29. The second-order valence-electron chi connectivity index (χ2n) is 3.90. The number of methoxy groups -OCH3 is 1. The molecule has 1 heterocycles. The van der Waals surface area contributed by atoms with Crippen LogP contribution in [0.4, 0.5) is 5.82 Å². The summed E-state index contributed by atoms with van der Waals surface area (Å²) in [4.78, 5) is 4.26. The second-order valence-corrected chi connectivity index (χ2v) is 3.90. The Morgan fingerprint density at radius 1 is 1.53 bits per heavy atom. The molecule has 0 amide bonds. The van der Waals surface area contributed by atoms with Crippen LogP contribution in [-0.2, 0) is 0 Å². The minimum atomic E-state index is 0.233. The van der Waals surface area contributed by atoms with Crippen molar-refractivity contribution in [3.05, 3.63) is 18.3 Å². The number of rotatable bonds is 3. The lowest BCUT2D eigenvalue weighted by Crippen LogP contribution is -2.35. The number of nitrogens with one attached hydrogen (secondary N) is 1. The van der Waals surface area contributed by atoms with E-state index < -0.39 is 0 Å². The van der Waals surface area contributed by atoms with E-state index in [2.05, 4.69) is 10.3 Å². The Morgan fingerprint density at radius 3 is 3.07 bits per heavy atom. The lowest BCUT2D eigenvalue weighted by molar-refractivity contribution is 0.414. The van der Waals surface area contributed by atoms with Gasteiger partial charge in [-0.1, -0.05) is 0 Å². The van der Waals surface area contributed by atoms with Crippen LogP contribution in [0.25, 0.3) is 0 Å². The van der Waals surface area contributed by atoms with Crippen LogP contribution in [0, 0.1) is 0 Å². The molecule has 1 aromatic heterocycles. The van der Waals surface area contributed by atoms with Crippen molar-refractivity contribution in [3.8, 4) is 5.75 Å². The highest BCUT2D eigenvalue weighted by molar-refractivity contribution is 5.50. The number of aromatic nitrogens is 1. The van der Waals surface area contributed by atoms with Gasteiger partial charge >= 0.3 is 0 Å². The van der Waals surface area contributed by atoms with Crippen LogP contribution < -0.4 is 15.8 Å². The van der Waals surface area contributed by atoms with Crippen LogP contribution in [0.2, 0.25) is 0 Å². The molecule has 0 saturated heterocycles. The second kappa shape index (κ2) is 4.49. The van der Waals surface area contributed by atoms with Crippen molar-refractivity contribution in [1.29, 1.82) is 0 Å². The quantitative estimate of drug-likeness (QED) is 0.786. The summed E-state index contributed by atoms with van der Waals surface area (Å²) in [7, 11) is 1.65. The summed E-state index contributed by atoms with van der Waals surface area (Å²) in [5.41, 5.74) is 5.99. The summed E-state index contributed by atoms with van der Waals surface area (Å²) in [5, 5.41) is 3.35. The van der Waals surface area contributed by atoms with Crippen molar-refractivity contribution in [2.45, 2.75) is 31.3 Å². The van der Waals surface area contributed by atoms with Gasteiger partial charge in [0.15, 0.2) is 11.6 Å². The fourth-order valence-electron chi connectivity index (χ4n) is 2.01. The van der Waals surface area contributed by atoms with Gasteiger partial charge in [0.1, 0.15) is 0 Å². The zero-order chi connectivity index (χ0) is 10.7. The Morgan fingerprint density at radius 2 is 2.40 bits per heavy atom. The van der Waals surface area contributed by atoms with Crippen molar-refractivity contribution >= 4 is 5.82 Å². The highest BCUT2D eigenvalue weighted by atomic mass is 16.5. The molecule has 1 aromatic rings. The predicted octanol–water partition coefficient (Wildman–Crippen LogP) is 1.38. The van der Waals surface area contributed by atoms with Crippen molar-refractivity contribution < 1.29 is 4.74 Å². The average Bonchev–Trinajstić information content (AvgIpc) is 2.65. The van der Waals surface area contributed by atoms with Crippen LogP contribution in [0.5, 0.6) is 5.75 Å². The van der Waals surface area contributed by atoms with E-state index in [1.54, 1.807) is 13.3 Å². The lowest BCUT2D eigenvalue weighted by atomic mass is 10.2. The first kappa shape index (κ1) is 10.2. The van der Waals surface area contributed by atoms with Crippen LogP contribution >= 0.6 is 0 Å². The Bertz CT molecular complexity index is 329. The van der Waals surface area contributed by atoms with Gasteiger partial charge in [-0.2, -0.15) is 0 Å². The van der Waals surface area contributed by atoms with E-state index in [4.69, 9.17) is 10.5 Å². The first-order valence-corrected chi connectivity index (χ1v) is 5.32. The number of ether oxygens (including phenoxy) is 1. The van der Waals surface area contributed by atoms with Crippen molar-refractivity contribution in [2.24, 2.45) is 5.73 Å². The maximum Gasteiger partial charge on any atom is 0.169 e. The summed E-state index contributed by atoms with van der Waals surface area (Å²) in [6.45, 7) is 0. The fourth-order valence-corrected chi connectivity index (χ4v) is 2.01. The van der Waals surface area contributed by atoms with Crippen molar-refractivity contribution in [1.82, 2.24) is 4.98 Å². The summed E-state index contributed by atoms with van der Waals surface area (Å²) in [6.07, 6.45) is 5.15. The van der Waals surface area contributed by atoms with Gasteiger partial charge in [-0.05, 0) is 31.4 Å². The minimum Gasteiger partial charge on any atom is -0.493 e. The van der Waals surface area contributed by atoms with E-state index in [1.807, 2.05) is 12.1 Å². The molecule has 1 fully saturated rings. The molecule has 2 rings (SSSR count). The predicted molar refractivity (Wildman–Crippen MR) is 60.0 cm³/mol. The molecular formula is C11H17N3O. The highest BCUT2D eigenvalue weighted by Gasteiger charge is 2.24. The molecule has 82 valence electrons. The molecule has 0 aromatic carbocycles.